The molecule has 0 unspecified atom stereocenters. The fourth-order valence-corrected chi connectivity index (χ4v) is 2.08. The predicted octanol–water partition coefficient (Wildman–Crippen LogP) is 3.22. The Labute approximate surface area is 152 Å². The van der Waals surface area contributed by atoms with E-state index in [1.54, 1.807) is 0 Å². The molecule has 0 fully saturated rings. The van der Waals surface area contributed by atoms with E-state index in [4.69, 9.17) is 9.47 Å². The predicted molar refractivity (Wildman–Crippen MR) is 96.8 cm³/mol. The monoisotopic (exact) mass is 358 g/mol. The van der Waals surface area contributed by atoms with E-state index < -0.39 is 4.92 Å². The minimum absolute atomic E-state index is 0.0240. The van der Waals surface area contributed by atoms with E-state index in [1.807, 2.05) is 38.1 Å². The standard InChI is InChI=1S/C19H22N2O5/c1-14(2)25-12-16-5-3-15(4-6-16)11-20-19(22)13-26-18-9-7-17(8-10-18)21(23)24/h3-10,14H,11-13H2,1-2H3,(H,20,22). The number of ether oxygens (including phenoxy) is 2. The van der Waals surface area contributed by atoms with Crippen LogP contribution in [0.15, 0.2) is 48.5 Å². The Balaban J connectivity index is 1.73. The zero-order valence-corrected chi connectivity index (χ0v) is 14.8. The molecule has 0 saturated heterocycles. The van der Waals surface area contributed by atoms with Crippen molar-refractivity contribution < 1.29 is 19.2 Å². The molecule has 2 aromatic carbocycles. The first-order valence-electron chi connectivity index (χ1n) is 8.27. The summed E-state index contributed by atoms with van der Waals surface area (Å²) in [5, 5.41) is 13.3. The largest absolute Gasteiger partial charge is 0.484 e. The topological polar surface area (TPSA) is 90.7 Å². The van der Waals surface area contributed by atoms with Crippen molar-refractivity contribution in [3.63, 3.8) is 0 Å². The number of hydrogen-bond donors (Lipinski definition) is 1. The second kappa shape index (κ2) is 9.53. The van der Waals surface area contributed by atoms with Gasteiger partial charge in [0.2, 0.25) is 0 Å². The molecule has 1 N–H and O–H groups in total. The summed E-state index contributed by atoms with van der Waals surface area (Å²) in [7, 11) is 0. The Bertz CT molecular complexity index is 727. The lowest BCUT2D eigenvalue weighted by atomic mass is 10.1. The fraction of sp³-hybridized carbons (Fsp3) is 0.316. The van der Waals surface area contributed by atoms with Crippen LogP contribution in [-0.4, -0.2) is 23.5 Å². The summed E-state index contributed by atoms with van der Waals surface area (Å²) in [6.07, 6.45) is 0.185. The van der Waals surface area contributed by atoms with Gasteiger partial charge in [-0.1, -0.05) is 24.3 Å². The molecular weight excluding hydrogens is 336 g/mol. The minimum atomic E-state index is -0.489. The molecule has 26 heavy (non-hydrogen) atoms. The molecule has 0 spiro atoms. The molecule has 0 aliphatic carbocycles. The molecule has 2 rings (SSSR count). The molecule has 0 radical (unpaired) electrons. The van der Waals surface area contributed by atoms with Crippen molar-refractivity contribution in [2.24, 2.45) is 0 Å². The highest BCUT2D eigenvalue weighted by Gasteiger charge is 2.07. The van der Waals surface area contributed by atoms with Crippen molar-refractivity contribution >= 4 is 11.6 Å². The van der Waals surface area contributed by atoms with E-state index >= 15 is 0 Å². The second-order valence-electron chi connectivity index (χ2n) is 5.99. The van der Waals surface area contributed by atoms with Gasteiger partial charge in [-0.2, -0.15) is 0 Å². The minimum Gasteiger partial charge on any atom is -0.484 e. The first-order valence-corrected chi connectivity index (χ1v) is 8.27. The number of carbonyl (C=O) groups is 1. The van der Waals surface area contributed by atoms with Crippen LogP contribution in [-0.2, 0) is 22.7 Å². The maximum absolute atomic E-state index is 11.8. The van der Waals surface area contributed by atoms with Crippen LogP contribution in [0, 0.1) is 10.1 Å². The molecule has 138 valence electrons. The van der Waals surface area contributed by atoms with E-state index in [2.05, 4.69) is 5.32 Å². The van der Waals surface area contributed by atoms with Gasteiger partial charge in [0.1, 0.15) is 5.75 Å². The first-order chi connectivity index (χ1) is 12.4. The Morgan fingerprint density at radius 1 is 1.08 bits per heavy atom. The molecule has 1 amide bonds. The number of benzene rings is 2. The van der Waals surface area contributed by atoms with Gasteiger partial charge in [-0.25, -0.2) is 0 Å². The van der Waals surface area contributed by atoms with Crippen LogP contribution in [0.25, 0.3) is 0 Å². The fourth-order valence-electron chi connectivity index (χ4n) is 2.08. The Kier molecular flexibility index (Phi) is 7.11. The van der Waals surface area contributed by atoms with Gasteiger partial charge in [0, 0.05) is 18.7 Å². The number of nitrogens with one attached hydrogen (secondary N) is 1. The average molecular weight is 358 g/mol. The number of carbonyl (C=O) groups excluding carboxylic acids is 1. The zero-order valence-electron chi connectivity index (χ0n) is 14.8. The molecule has 0 atom stereocenters. The third-order valence-corrected chi connectivity index (χ3v) is 3.51. The second-order valence-corrected chi connectivity index (χ2v) is 5.99. The van der Waals surface area contributed by atoms with Gasteiger partial charge in [0.05, 0.1) is 17.6 Å². The highest BCUT2D eigenvalue weighted by atomic mass is 16.6. The summed E-state index contributed by atoms with van der Waals surface area (Å²) < 4.78 is 10.9. The molecule has 0 aliphatic rings. The molecule has 0 saturated carbocycles. The quantitative estimate of drug-likeness (QED) is 0.549. The average Bonchev–Trinajstić information content (AvgIpc) is 2.64. The molecule has 2 aromatic rings. The summed E-state index contributed by atoms with van der Waals surface area (Å²) in [6, 6.07) is 13.4. The van der Waals surface area contributed by atoms with Crippen molar-refractivity contribution in [2.45, 2.75) is 33.1 Å². The van der Waals surface area contributed by atoms with Crippen LogP contribution in [0.5, 0.6) is 5.75 Å². The van der Waals surface area contributed by atoms with E-state index in [1.165, 1.54) is 24.3 Å². The van der Waals surface area contributed by atoms with Crippen LogP contribution in [0.1, 0.15) is 25.0 Å². The van der Waals surface area contributed by atoms with Gasteiger partial charge in [-0.15, -0.1) is 0 Å². The summed E-state index contributed by atoms with van der Waals surface area (Å²) >= 11 is 0. The molecule has 7 nitrogen and oxygen atoms in total. The molecule has 7 heteroatoms. The zero-order chi connectivity index (χ0) is 18.9. The lowest BCUT2D eigenvalue weighted by Gasteiger charge is -2.09. The third kappa shape index (κ3) is 6.52. The lowest BCUT2D eigenvalue weighted by molar-refractivity contribution is -0.384. The summed E-state index contributed by atoms with van der Waals surface area (Å²) in [5.41, 5.74) is 2.03. The maximum Gasteiger partial charge on any atom is 0.269 e. The number of rotatable bonds is 9. The number of nitrogens with zero attached hydrogens (tertiary/aromatic N) is 1. The van der Waals surface area contributed by atoms with Crippen LogP contribution in [0.3, 0.4) is 0 Å². The molecule has 0 heterocycles. The molecule has 0 aromatic heterocycles. The van der Waals surface area contributed by atoms with Crippen LogP contribution >= 0.6 is 0 Å². The number of nitro benzene ring substituents is 1. The maximum atomic E-state index is 11.8. The lowest BCUT2D eigenvalue weighted by Crippen LogP contribution is -2.28. The Morgan fingerprint density at radius 2 is 1.69 bits per heavy atom. The molecule has 0 aliphatic heterocycles. The summed E-state index contributed by atoms with van der Waals surface area (Å²) in [6.45, 7) is 4.78. The number of hydrogen-bond acceptors (Lipinski definition) is 5. The van der Waals surface area contributed by atoms with Gasteiger partial charge in [0.25, 0.3) is 11.6 Å². The smallest absolute Gasteiger partial charge is 0.269 e. The van der Waals surface area contributed by atoms with Crippen LogP contribution in [0.2, 0.25) is 0 Å². The normalized spacial score (nSPS) is 10.6. The highest BCUT2D eigenvalue weighted by molar-refractivity contribution is 5.77. The number of nitro groups is 1. The van der Waals surface area contributed by atoms with Crippen molar-refractivity contribution in [3.05, 3.63) is 69.8 Å². The van der Waals surface area contributed by atoms with Crippen molar-refractivity contribution in [1.29, 1.82) is 0 Å². The van der Waals surface area contributed by atoms with Crippen LogP contribution in [0.4, 0.5) is 5.69 Å². The molecule has 0 bridgehead atoms. The SMILES string of the molecule is CC(C)OCc1ccc(CNC(=O)COc2ccc([N+](=O)[O-])cc2)cc1. The van der Waals surface area contributed by atoms with Gasteiger partial charge >= 0.3 is 0 Å². The third-order valence-electron chi connectivity index (χ3n) is 3.51. The van der Waals surface area contributed by atoms with Crippen molar-refractivity contribution in [1.82, 2.24) is 5.32 Å². The molecular formula is C19H22N2O5. The number of amides is 1. The first kappa shape index (κ1) is 19.4. The summed E-state index contributed by atoms with van der Waals surface area (Å²) in [5.74, 6) is 0.135. The van der Waals surface area contributed by atoms with E-state index in [0.29, 0.717) is 18.9 Å². The van der Waals surface area contributed by atoms with Gasteiger partial charge < -0.3 is 14.8 Å². The van der Waals surface area contributed by atoms with Gasteiger partial charge in [-0.05, 0) is 37.1 Å². The van der Waals surface area contributed by atoms with Crippen LogP contribution < -0.4 is 10.1 Å². The highest BCUT2D eigenvalue weighted by Crippen LogP contribution is 2.17. The van der Waals surface area contributed by atoms with Gasteiger partial charge in [0.15, 0.2) is 6.61 Å². The van der Waals surface area contributed by atoms with Crippen molar-refractivity contribution in [2.75, 3.05) is 6.61 Å². The van der Waals surface area contributed by atoms with Crippen molar-refractivity contribution in [3.8, 4) is 5.75 Å². The summed E-state index contributed by atoms with van der Waals surface area (Å²) in [4.78, 5) is 21.9. The Morgan fingerprint density at radius 3 is 2.27 bits per heavy atom. The number of non-ortho nitro benzene ring substituents is 1. The van der Waals surface area contributed by atoms with Gasteiger partial charge in [-0.3, -0.25) is 14.9 Å². The van der Waals surface area contributed by atoms with E-state index in [-0.39, 0.29) is 24.3 Å². The Hall–Kier alpha value is -2.93. The van der Waals surface area contributed by atoms with E-state index in [0.717, 1.165) is 11.1 Å². The van der Waals surface area contributed by atoms with E-state index in [9.17, 15) is 14.9 Å².